The summed E-state index contributed by atoms with van der Waals surface area (Å²) in [6.07, 6.45) is 0. The van der Waals surface area contributed by atoms with Crippen LogP contribution in [0.4, 0.5) is 11.4 Å². The highest BCUT2D eigenvalue weighted by Crippen LogP contribution is 2.37. The number of aryl methyl sites for hydroxylation is 4. The van der Waals surface area contributed by atoms with Crippen LogP contribution in [0.1, 0.15) is 58.7 Å². The molecule has 1 aliphatic carbocycles. The third-order valence-corrected chi connectivity index (χ3v) is 6.61. The van der Waals surface area contributed by atoms with Crippen molar-refractivity contribution < 1.29 is 0 Å². The Morgan fingerprint density at radius 2 is 1.15 bits per heavy atom. The lowest BCUT2D eigenvalue weighted by molar-refractivity contribution is 0.865. The largest absolute Gasteiger partial charge is 0.246 e. The first kappa shape index (κ1) is 21.3. The van der Waals surface area contributed by atoms with E-state index < -0.39 is 0 Å². The lowest BCUT2D eigenvalue weighted by Crippen LogP contribution is -2.11. The van der Waals surface area contributed by atoms with Crippen LogP contribution in [0.3, 0.4) is 0 Å². The average Bonchev–Trinajstić information content (AvgIpc) is 3.06. The number of aliphatic imine (C=N–C) groups is 2. The number of nitrogens with zero attached hydrogens (tertiary/aromatic N) is 2. The smallest absolute Gasteiger partial charge is 0.0979 e. The Morgan fingerprint density at radius 1 is 0.606 bits per heavy atom. The van der Waals surface area contributed by atoms with Gasteiger partial charge in [0.25, 0.3) is 0 Å². The van der Waals surface area contributed by atoms with E-state index in [4.69, 9.17) is 9.98 Å². The molecule has 0 atom stereocenters. The molecule has 0 heterocycles. The van der Waals surface area contributed by atoms with Gasteiger partial charge in [-0.3, -0.25) is 0 Å². The minimum Gasteiger partial charge on any atom is -0.246 e. The Morgan fingerprint density at radius 3 is 1.73 bits per heavy atom. The van der Waals surface area contributed by atoms with Crippen molar-refractivity contribution in [2.45, 2.75) is 47.5 Å². The predicted octanol–water partition coefficient (Wildman–Crippen LogP) is 8.45. The zero-order valence-corrected chi connectivity index (χ0v) is 20.3. The van der Waals surface area contributed by atoms with Gasteiger partial charge in [-0.25, -0.2) is 9.98 Å². The number of rotatable bonds is 3. The fraction of sp³-hybridized carbons (Fsp3) is 0.226. The van der Waals surface area contributed by atoms with Crippen molar-refractivity contribution >= 4 is 33.6 Å². The van der Waals surface area contributed by atoms with Crippen LogP contribution in [-0.2, 0) is 0 Å². The summed E-state index contributed by atoms with van der Waals surface area (Å²) < 4.78 is 0. The summed E-state index contributed by atoms with van der Waals surface area (Å²) in [6.45, 7) is 13.1. The lowest BCUT2D eigenvalue weighted by atomic mass is 9.98. The van der Waals surface area contributed by atoms with Gasteiger partial charge in [-0.1, -0.05) is 86.1 Å². The number of benzene rings is 4. The molecular formula is C31H30N2. The summed E-state index contributed by atoms with van der Waals surface area (Å²) in [7, 11) is 0. The zero-order valence-electron chi connectivity index (χ0n) is 20.3. The minimum absolute atomic E-state index is 0.394. The third kappa shape index (κ3) is 3.60. The van der Waals surface area contributed by atoms with E-state index in [0.29, 0.717) is 5.92 Å². The van der Waals surface area contributed by atoms with E-state index in [2.05, 4.69) is 108 Å². The molecule has 0 fully saturated rings. The minimum atomic E-state index is 0.394. The fourth-order valence-electron chi connectivity index (χ4n) is 5.09. The van der Waals surface area contributed by atoms with Gasteiger partial charge in [-0.05, 0) is 61.3 Å². The Balaban J connectivity index is 1.84. The molecule has 164 valence electrons. The van der Waals surface area contributed by atoms with E-state index in [9.17, 15) is 0 Å². The van der Waals surface area contributed by atoms with Crippen LogP contribution >= 0.6 is 0 Å². The molecular weight excluding hydrogens is 400 g/mol. The highest BCUT2D eigenvalue weighted by Gasteiger charge is 2.28. The van der Waals surface area contributed by atoms with Crippen LogP contribution < -0.4 is 0 Å². The molecule has 0 aliphatic heterocycles. The summed E-state index contributed by atoms with van der Waals surface area (Å²) in [5, 5.41) is 2.48. The molecule has 0 unspecified atom stereocenters. The molecule has 0 N–H and O–H groups in total. The van der Waals surface area contributed by atoms with Gasteiger partial charge in [-0.2, -0.15) is 0 Å². The third-order valence-electron chi connectivity index (χ3n) is 6.61. The number of hydrogen-bond acceptors (Lipinski definition) is 2. The topological polar surface area (TPSA) is 24.7 Å². The Hall–Kier alpha value is -3.52. The van der Waals surface area contributed by atoms with Crippen molar-refractivity contribution in [3.63, 3.8) is 0 Å². The maximum absolute atomic E-state index is 5.36. The number of para-hydroxylation sites is 1. The van der Waals surface area contributed by atoms with E-state index >= 15 is 0 Å². The molecule has 0 saturated carbocycles. The van der Waals surface area contributed by atoms with Crippen molar-refractivity contribution in [3.05, 3.63) is 106 Å². The Kier molecular flexibility index (Phi) is 5.25. The monoisotopic (exact) mass is 430 g/mol. The van der Waals surface area contributed by atoms with Gasteiger partial charge < -0.3 is 0 Å². The summed E-state index contributed by atoms with van der Waals surface area (Å²) in [5.41, 5.74) is 12.5. The second kappa shape index (κ2) is 8.12. The molecule has 4 aromatic carbocycles. The molecule has 4 aromatic rings. The quantitative estimate of drug-likeness (QED) is 0.311. The van der Waals surface area contributed by atoms with E-state index in [1.807, 2.05) is 0 Å². The summed E-state index contributed by atoms with van der Waals surface area (Å²) in [4.78, 5) is 10.7. The van der Waals surface area contributed by atoms with Gasteiger partial charge >= 0.3 is 0 Å². The van der Waals surface area contributed by atoms with Crippen molar-refractivity contribution in [3.8, 4) is 0 Å². The van der Waals surface area contributed by atoms with Crippen LogP contribution in [-0.4, -0.2) is 11.4 Å². The second-order valence-corrected chi connectivity index (χ2v) is 9.54. The average molecular weight is 431 g/mol. The Labute approximate surface area is 196 Å². The van der Waals surface area contributed by atoms with Gasteiger partial charge in [0.2, 0.25) is 0 Å². The molecule has 0 spiro atoms. The summed E-state index contributed by atoms with van der Waals surface area (Å²) in [6, 6.07) is 23.9. The molecule has 0 radical (unpaired) electrons. The van der Waals surface area contributed by atoms with Gasteiger partial charge in [0, 0.05) is 16.5 Å². The maximum atomic E-state index is 5.36. The van der Waals surface area contributed by atoms with Crippen molar-refractivity contribution in [2.24, 2.45) is 9.98 Å². The maximum Gasteiger partial charge on any atom is 0.0979 e. The first-order valence-electron chi connectivity index (χ1n) is 11.7. The second-order valence-electron chi connectivity index (χ2n) is 9.54. The standard InChI is InChI=1S/C31H30N2/c1-18(2)24-13-7-10-20(4)29(24)33-31-26-15-9-12-23-11-8-14-25(27(23)26)30(31)32-28-21(5)16-19(3)17-22(28)6/h7-18H,1-6H3. The first-order chi connectivity index (χ1) is 15.8. The first-order valence-corrected chi connectivity index (χ1v) is 11.7. The van der Waals surface area contributed by atoms with Crippen LogP contribution in [0.25, 0.3) is 10.8 Å². The molecule has 0 amide bonds. The van der Waals surface area contributed by atoms with Crippen LogP contribution in [0, 0.1) is 27.7 Å². The SMILES string of the molecule is Cc1cc(C)c(N=C2C(=Nc3c(C)cccc3C(C)C)c3cccc4cccc2c34)c(C)c1. The highest BCUT2D eigenvalue weighted by atomic mass is 14.8. The molecule has 2 nitrogen and oxygen atoms in total. The van der Waals surface area contributed by atoms with Gasteiger partial charge in [0.05, 0.1) is 22.8 Å². The van der Waals surface area contributed by atoms with Gasteiger partial charge in [-0.15, -0.1) is 0 Å². The van der Waals surface area contributed by atoms with Crippen molar-refractivity contribution in [1.29, 1.82) is 0 Å². The fourth-order valence-corrected chi connectivity index (χ4v) is 5.09. The molecule has 0 aromatic heterocycles. The molecule has 2 heteroatoms. The molecule has 5 rings (SSSR count). The lowest BCUT2D eigenvalue weighted by Gasteiger charge is -2.14. The zero-order chi connectivity index (χ0) is 23.3. The highest BCUT2D eigenvalue weighted by molar-refractivity contribution is 6.61. The molecule has 33 heavy (non-hydrogen) atoms. The van der Waals surface area contributed by atoms with Crippen molar-refractivity contribution in [1.82, 2.24) is 0 Å². The van der Waals surface area contributed by atoms with Crippen molar-refractivity contribution in [2.75, 3.05) is 0 Å². The van der Waals surface area contributed by atoms with Gasteiger partial charge in [0.15, 0.2) is 0 Å². The molecule has 0 saturated heterocycles. The normalized spacial score (nSPS) is 15.4. The van der Waals surface area contributed by atoms with E-state index in [1.54, 1.807) is 0 Å². The molecule has 1 aliphatic rings. The Bertz CT molecular complexity index is 1440. The van der Waals surface area contributed by atoms with E-state index in [0.717, 1.165) is 22.8 Å². The number of hydrogen-bond donors (Lipinski definition) is 0. The molecule has 0 bridgehead atoms. The van der Waals surface area contributed by atoms with Crippen LogP contribution in [0.15, 0.2) is 76.7 Å². The van der Waals surface area contributed by atoms with Crippen LogP contribution in [0.2, 0.25) is 0 Å². The summed E-state index contributed by atoms with van der Waals surface area (Å²) in [5.74, 6) is 0.394. The predicted molar refractivity (Wildman–Crippen MR) is 142 cm³/mol. The van der Waals surface area contributed by atoms with Gasteiger partial charge in [0.1, 0.15) is 0 Å². The van der Waals surface area contributed by atoms with Crippen LogP contribution in [0.5, 0.6) is 0 Å². The summed E-state index contributed by atoms with van der Waals surface area (Å²) >= 11 is 0. The van der Waals surface area contributed by atoms with E-state index in [1.165, 1.54) is 49.7 Å². The van der Waals surface area contributed by atoms with E-state index in [-0.39, 0.29) is 0 Å².